The smallest absolute Gasteiger partial charge is 0.335 e. The van der Waals surface area contributed by atoms with Crippen LogP contribution in [0.3, 0.4) is 0 Å². The van der Waals surface area contributed by atoms with E-state index in [1.807, 2.05) is 0 Å². The number of nitrogens with zero attached hydrogens (tertiary/aromatic N) is 4. The summed E-state index contributed by atoms with van der Waals surface area (Å²) in [7, 11) is -1.68. The summed E-state index contributed by atoms with van der Waals surface area (Å²) in [5, 5.41) is 1.48. The molecule has 11 nitrogen and oxygen atoms in total. The van der Waals surface area contributed by atoms with Crippen molar-refractivity contribution in [1.82, 2.24) is 24.7 Å². The van der Waals surface area contributed by atoms with Crippen molar-refractivity contribution in [2.24, 2.45) is 0 Å². The van der Waals surface area contributed by atoms with Gasteiger partial charge in [0.2, 0.25) is 5.95 Å². The Morgan fingerprint density at radius 3 is 2.33 bits per heavy atom. The maximum Gasteiger partial charge on any atom is 0.335 e. The predicted molar refractivity (Wildman–Crippen MR) is 81.5 cm³/mol. The van der Waals surface area contributed by atoms with Crippen LogP contribution in [0.15, 0.2) is 23.4 Å². The standard InChI is InChI=1S/C11H11ClN6O5S/c1-22-10-15-8(16-11(17-10)23-2)14-9(19)18-24(20,21)7-6(12)4-3-5-13-7/h3-5H,1-2H3,(H2,14,15,16,17,18,19). The molecule has 2 heterocycles. The molecule has 0 aliphatic carbocycles. The molecule has 13 heteroatoms. The lowest BCUT2D eigenvalue weighted by atomic mass is 10.5. The molecule has 0 aliphatic rings. The van der Waals surface area contributed by atoms with E-state index in [0.717, 1.165) is 0 Å². The van der Waals surface area contributed by atoms with E-state index in [-0.39, 0.29) is 23.0 Å². The fraction of sp³-hybridized carbons (Fsp3) is 0.182. The van der Waals surface area contributed by atoms with E-state index < -0.39 is 21.1 Å². The Hall–Kier alpha value is -2.73. The molecule has 0 bridgehead atoms. The lowest BCUT2D eigenvalue weighted by Crippen LogP contribution is -2.35. The SMILES string of the molecule is COc1nc(NC(=O)NS(=O)(=O)c2ncccc2Cl)nc(OC)n1. The number of pyridine rings is 1. The first-order valence-electron chi connectivity index (χ1n) is 6.14. The zero-order chi connectivity index (χ0) is 17.7. The van der Waals surface area contributed by atoms with Crippen LogP contribution in [-0.4, -0.2) is 48.6 Å². The molecule has 2 N–H and O–H groups in total. The average Bonchev–Trinajstić information content (AvgIpc) is 2.53. The zero-order valence-corrected chi connectivity index (χ0v) is 13.9. The number of halogens is 1. The van der Waals surface area contributed by atoms with Crippen molar-refractivity contribution in [1.29, 1.82) is 0 Å². The molecule has 2 amide bonds. The maximum absolute atomic E-state index is 12.1. The summed E-state index contributed by atoms with van der Waals surface area (Å²) in [6.07, 6.45) is 1.22. The third-order valence-corrected chi connectivity index (χ3v) is 4.10. The second-order valence-electron chi connectivity index (χ2n) is 3.98. The van der Waals surface area contributed by atoms with Crippen LogP contribution in [0.25, 0.3) is 0 Å². The molecular weight excluding hydrogens is 364 g/mol. The summed E-state index contributed by atoms with van der Waals surface area (Å²) in [4.78, 5) is 26.7. The Kier molecular flexibility index (Phi) is 5.31. The number of hydrogen-bond acceptors (Lipinski definition) is 9. The highest BCUT2D eigenvalue weighted by Crippen LogP contribution is 2.17. The van der Waals surface area contributed by atoms with Crippen molar-refractivity contribution in [2.75, 3.05) is 19.5 Å². The molecule has 0 radical (unpaired) electrons. The van der Waals surface area contributed by atoms with Crippen LogP contribution in [0.5, 0.6) is 12.0 Å². The number of urea groups is 1. The minimum atomic E-state index is -4.28. The van der Waals surface area contributed by atoms with Gasteiger partial charge in [0, 0.05) is 6.20 Å². The zero-order valence-electron chi connectivity index (χ0n) is 12.3. The highest BCUT2D eigenvalue weighted by Gasteiger charge is 2.23. The van der Waals surface area contributed by atoms with Crippen molar-refractivity contribution < 1.29 is 22.7 Å². The first-order chi connectivity index (χ1) is 11.4. The number of ether oxygens (including phenoxy) is 2. The minimum absolute atomic E-state index is 0.132. The molecule has 128 valence electrons. The van der Waals surface area contributed by atoms with Gasteiger partial charge in [-0.15, -0.1) is 4.98 Å². The van der Waals surface area contributed by atoms with Crippen molar-refractivity contribution in [2.45, 2.75) is 5.03 Å². The number of amides is 2. The number of nitrogens with one attached hydrogen (secondary N) is 2. The molecule has 2 aromatic heterocycles. The number of rotatable bonds is 5. The quantitative estimate of drug-likeness (QED) is 0.761. The van der Waals surface area contributed by atoms with Gasteiger partial charge in [-0.05, 0) is 12.1 Å². The van der Waals surface area contributed by atoms with Crippen LogP contribution in [0.2, 0.25) is 5.02 Å². The van der Waals surface area contributed by atoms with E-state index in [2.05, 4.69) is 25.3 Å². The van der Waals surface area contributed by atoms with Crippen LogP contribution < -0.4 is 19.5 Å². The Labute approximate surface area is 141 Å². The monoisotopic (exact) mass is 374 g/mol. The molecule has 0 saturated heterocycles. The van der Waals surface area contributed by atoms with Gasteiger partial charge in [0.05, 0.1) is 19.2 Å². The summed E-state index contributed by atoms with van der Waals surface area (Å²) in [5.41, 5.74) is 0. The van der Waals surface area contributed by atoms with E-state index in [1.165, 1.54) is 32.5 Å². The van der Waals surface area contributed by atoms with Crippen LogP contribution in [-0.2, 0) is 10.0 Å². The molecule has 0 saturated carbocycles. The second kappa shape index (κ2) is 7.23. The van der Waals surface area contributed by atoms with Crippen molar-refractivity contribution in [3.05, 3.63) is 23.4 Å². The van der Waals surface area contributed by atoms with Crippen LogP contribution >= 0.6 is 11.6 Å². The second-order valence-corrected chi connectivity index (χ2v) is 5.99. The summed E-state index contributed by atoms with van der Waals surface area (Å²) >= 11 is 5.75. The summed E-state index contributed by atoms with van der Waals surface area (Å²) in [6.45, 7) is 0. The summed E-state index contributed by atoms with van der Waals surface area (Å²) < 4.78 is 35.5. The van der Waals surface area contributed by atoms with E-state index >= 15 is 0 Å². The topological polar surface area (TPSA) is 145 Å². The third-order valence-electron chi connectivity index (χ3n) is 2.39. The predicted octanol–water partition coefficient (Wildman–Crippen LogP) is 0.448. The molecule has 0 fully saturated rings. The van der Waals surface area contributed by atoms with Crippen LogP contribution in [0.4, 0.5) is 10.7 Å². The maximum atomic E-state index is 12.1. The van der Waals surface area contributed by atoms with Gasteiger partial charge in [0.15, 0.2) is 5.03 Å². The highest BCUT2D eigenvalue weighted by molar-refractivity contribution is 7.90. The van der Waals surface area contributed by atoms with Gasteiger partial charge in [0.1, 0.15) is 0 Å². The molecule has 0 spiro atoms. The van der Waals surface area contributed by atoms with Gasteiger partial charge in [-0.1, -0.05) is 11.6 Å². The van der Waals surface area contributed by atoms with Gasteiger partial charge in [-0.2, -0.15) is 18.4 Å². The van der Waals surface area contributed by atoms with Gasteiger partial charge in [-0.25, -0.2) is 14.5 Å². The van der Waals surface area contributed by atoms with E-state index in [1.54, 1.807) is 4.72 Å². The molecular formula is C11H11ClN6O5S. The van der Waals surface area contributed by atoms with Gasteiger partial charge >= 0.3 is 18.1 Å². The number of hydrogen-bond donors (Lipinski definition) is 2. The van der Waals surface area contributed by atoms with E-state index in [4.69, 9.17) is 21.1 Å². The summed E-state index contributed by atoms with van der Waals surface area (Å²) in [6, 6.07) is 1.38. The van der Waals surface area contributed by atoms with Crippen LogP contribution in [0, 0.1) is 0 Å². The molecule has 24 heavy (non-hydrogen) atoms. The lowest BCUT2D eigenvalue weighted by molar-refractivity contribution is 0.256. The van der Waals surface area contributed by atoms with Crippen molar-refractivity contribution >= 4 is 33.6 Å². The fourth-order valence-corrected chi connectivity index (χ4v) is 2.79. The van der Waals surface area contributed by atoms with E-state index in [0.29, 0.717) is 0 Å². The van der Waals surface area contributed by atoms with Gasteiger partial charge < -0.3 is 9.47 Å². The molecule has 0 aliphatic heterocycles. The van der Waals surface area contributed by atoms with Crippen molar-refractivity contribution in [3.8, 4) is 12.0 Å². The number of carbonyl (C=O) groups is 1. The number of anilines is 1. The van der Waals surface area contributed by atoms with E-state index in [9.17, 15) is 13.2 Å². The third kappa shape index (κ3) is 4.17. The number of carbonyl (C=O) groups excluding carboxylic acids is 1. The summed E-state index contributed by atoms with van der Waals surface area (Å²) in [5.74, 6) is -0.279. The fourth-order valence-electron chi connectivity index (χ4n) is 1.44. The molecule has 0 unspecified atom stereocenters. The molecule has 2 rings (SSSR count). The normalized spacial score (nSPS) is 10.8. The molecule has 0 atom stereocenters. The molecule has 2 aromatic rings. The average molecular weight is 375 g/mol. The van der Waals surface area contributed by atoms with Crippen molar-refractivity contribution in [3.63, 3.8) is 0 Å². The van der Waals surface area contributed by atoms with Gasteiger partial charge in [0.25, 0.3) is 10.0 Å². The molecule has 0 aromatic carbocycles. The first kappa shape index (κ1) is 17.6. The Balaban J connectivity index is 2.18. The minimum Gasteiger partial charge on any atom is -0.467 e. The largest absolute Gasteiger partial charge is 0.467 e. The van der Waals surface area contributed by atoms with Crippen LogP contribution in [0.1, 0.15) is 0 Å². The first-order valence-corrected chi connectivity index (χ1v) is 8.00. The number of methoxy groups -OCH3 is 2. The van der Waals surface area contributed by atoms with Gasteiger partial charge in [-0.3, -0.25) is 5.32 Å². The highest BCUT2D eigenvalue weighted by atomic mass is 35.5. The Bertz CT molecular complexity index is 839. The Morgan fingerprint density at radius 2 is 1.79 bits per heavy atom. The number of sulfonamides is 1. The Morgan fingerprint density at radius 1 is 1.17 bits per heavy atom. The number of aromatic nitrogens is 4. The lowest BCUT2D eigenvalue weighted by Gasteiger charge is -2.09.